The smallest absolute Gasteiger partial charge is 0.264 e. The van der Waals surface area contributed by atoms with Gasteiger partial charge in [-0.15, -0.1) is 0 Å². The van der Waals surface area contributed by atoms with Crippen LogP contribution in [0.25, 0.3) is 0 Å². The van der Waals surface area contributed by atoms with Crippen molar-refractivity contribution in [3.8, 4) is 5.75 Å². The molecule has 1 N–H and O–H groups in total. The van der Waals surface area contributed by atoms with Crippen LogP contribution in [0.5, 0.6) is 5.75 Å². The van der Waals surface area contributed by atoms with E-state index in [1.807, 2.05) is 45.0 Å². The maximum Gasteiger partial charge on any atom is 0.264 e. The van der Waals surface area contributed by atoms with Crippen molar-refractivity contribution in [2.45, 2.75) is 64.1 Å². The van der Waals surface area contributed by atoms with Gasteiger partial charge in [0.05, 0.1) is 17.7 Å². The average Bonchev–Trinajstić information content (AvgIpc) is 2.98. The molecule has 3 rings (SSSR count). The zero-order valence-electron chi connectivity index (χ0n) is 23.8. The van der Waals surface area contributed by atoms with Crippen LogP contribution in [0, 0.1) is 0 Å². The van der Waals surface area contributed by atoms with E-state index in [2.05, 4.69) is 5.32 Å². The summed E-state index contributed by atoms with van der Waals surface area (Å²) in [6, 6.07) is 21.4. The summed E-state index contributed by atoms with van der Waals surface area (Å²) >= 11 is 0. The first-order valence-corrected chi connectivity index (χ1v) is 14.9. The van der Waals surface area contributed by atoms with Gasteiger partial charge < -0.3 is 15.0 Å². The highest BCUT2D eigenvalue weighted by Gasteiger charge is 2.32. The number of anilines is 1. The molecule has 0 saturated carbocycles. The SMILES string of the molecule is CCc1ccc(N(CC(=O)N(Cc2cccc(OC)c2)[C@@H](C)C(=O)N[C@H](C)CC)S(=O)(=O)c2ccccc2)cc1. The molecule has 0 aliphatic heterocycles. The van der Waals surface area contributed by atoms with Gasteiger partial charge in [-0.3, -0.25) is 13.9 Å². The molecule has 0 bridgehead atoms. The molecule has 0 aliphatic carbocycles. The van der Waals surface area contributed by atoms with Crippen LogP contribution in [0.2, 0.25) is 0 Å². The molecular weight excluding hydrogens is 526 g/mol. The van der Waals surface area contributed by atoms with Crippen molar-refractivity contribution in [3.63, 3.8) is 0 Å². The monoisotopic (exact) mass is 565 g/mol. The van der Waals surface area contributed by atoms with Crippen molar-refractivity contribution in [2.75, 3.05) is 18.0 Å². The minimum absolute atomic E-state index is 0.0734. The Balaban J connectivity index is 2.02. The van der Waals surface area contributed by atoms with Gasteiger partial charge in [-0.2, -0.15) is 0 Å². The van der Waals surface area contributed by atoms with Crippen LogP contribution in [0.1, 0.15) is 45.2 Å². The number of amides is 2. The Labute approximate surface area is 238 Å². The lowest BCUT2D eigenvalue weighted by molar-refractivity contribution is -0.139. The van der Waals surface area contributed by atoms with E-state index >= 15 is 0 Å². The number of hydrogen-bond acceptors (Lipinski definition) is 5. The number of hydrogen-bond donors (Lipinski definition) is 1. The number of carbonyl (C=O) groups is 2. The molecule has 0 heterocycles. The number of methoxy groups -OCH3 is 1. The minimum atomic E-state index is -4.09. The summed E-state index contributed by atoms with van der Waals surface area (Å²) in [5.74, 6) is -0.199. The first kappa shape index (κ1) is 30.7. The van der Waals surface area contributed by atoms with Crippen LogP contribution in [-0.4, -0.2) is 50.9 Å². The summed E-state index contributed by atoms with van der Waals surface area (Å²) in [4.78, 5) is 28.6. The molecule has 0 unspecified atom stereocenters. The number of carbonyl (C=O) groups excluding carboxylic acids is 2. The highest BCUT2D eigenvalue weighted by molar-refractivity contribution is 7.92. The molecule has 0 fully saturated rings. The van der Waals surface area contributed by atoms with Crippen LogP contribution in [-0.2, 0) is 32.6 Å². The van der Waals surface area contributed by atoms with Gasteiger partial charge in [-0.25, -0.2) is 8.42 Å². The van der Waals surface area contributed by atoms with Crippen LogP contribution in [0.3, 0.4) is 0 Å². The zero-order chi connectivity index (χ0) is 29.3. The van der Waals surface area contributed by atoms with Gasteiger partial charge >= 0.3 is 0 Å². The summed E-state index contributed by atoms with van der Waals surface area (Å²) < 4.78 is 34.1. The van der Waals surface area contributed by atoms with E-state index in [4.69, 9.17) is 4.74 Å². The molecule has 0 saturated heterocycles. The van der Waals surface area contributed by atoms with Crippen molar-refractivity contribution in [1.82, 2.24) is 10.2 Å². The number of nitrogens with one attached hydrogen (secondary N) is 1. The number of ether oxygens (including phenoxy) is 1. The van der Waals surface area contributed by atoms with Gasteiger partial charge in [0, 0.05) is 12.6 Å². The van der Waals surface area contributed by atoms with Crippen molar-refractivity contribution < 1.29 is 22.7 Å². The third-order valence-electron chi connectivity index (χ3n) is 6.90. The maximum atomic E-state index is 14.0. The van der Waals surface area contributed by atoms with E-state index in [9.17, 15) is 18.0 Å². The van der Waals surface area contributed by atoms with E-state index in [0.717, 1.165) is 28.3 Å². The quantitative estimate of drug-likeness (QED) is 0.322. The second-order valence-corrected chi connectivity index (χ2v) is 11.6. The molecule has 2 atom stereocenters. The number of benzene rings is 3. The Hall–Kier alpha value is -3.85. The van der Waals surface area contributed by atoms with Crippen LogP contribution >= 0.6 is 0 Å². The lowest BCUT2D eigenvalue weighted by Gasteiger charge is -2.32. The number of aryl methyl sites for hydroxylation is 1. The summed E-state index contributed by atoms with van der Waals surface area (Å²) in [5, 5.41) is 2.94. The molecular formula is C31H39N3O5S. The Morgan fingerprint density at radius 1 is 0.900 bits per heavy atom. The van der Waals surface area contributed by atoms with Gasteiger partial charge in [-0.05, 0) is 74.2 Å². The maximum absolute atomic E-state index is 14.0. The highest BCUT2D eigenvalue weighted by Crippen LogP contribution is 2.25. The van der Waals surface area contributed by atoms with Crippen molar-refractivity contribution in [3.05, 3.63) is 90.0 Å². The molecule has 9 heteroatoms. The fraction of sp³-hybridized carbons (Fsp3) is 0.355. The third-order valence-corrected chi connectivity index (χ3v) is 8.69. The average molecular weight is 566 g/mol. The van der Waals surface area contributed by atoms with Crippen LogP contribution < -0.4 is 14.4 Å². The first-order chi connectivity index (χ1) is 19.1. The molecule has 0 spiro atoms. The van der Waals surface area contributed by atoms with Crippen LogP contribution in [0.15, 0.2) is 83.8 Å². The largest absolute Gasteiger partial charge is 0.497 e. The second kappa shape index (κ2) is 14.0. The Kier molecular flexibility index (Phi) is 10.7. The van der Waals surface area contributed by atoms with Crippen molar-refractivity contribution >= 4 is 27.5 Å². The fourth-order valence-corrected chi connectivity index (χ4v) is 5.60. The molecule has 3 aromatic carbocycles. The van der Waals surface area contributed by atoms with Crippen molar-refractivity contribution in [2.24, 2.45) is 0 Å². The summed E-state index contributed by atoms with van der Waals surface area (Å²) in [5.41, 5.74) is 2.16. The van der Waals surface area contributed by atoms with Crippen LogP contribution in [0.4, 0.5) is 5.69 Å². The molecule has 40 heavy (non-hydrogen) atoms. The molecule has 2 amide bonds. The summed E-state index contributed by atoms with van der Waals surface area (Å²) in [7, 11) is -2.53. The summed E-state index contributed by atoms with van der Waals surface area (Å²) in [6.07, 6.45) is 1.53. The van der Waals surface area contributed by atoms with E-state index in [-0.39, 0.29) is 23.4 Å². The molecule has 3 aromatic rings. The molecule has 214 valence electrons. The summed E-state index contributed by atoms with van der Waals surface area (Å²) in [6.45, 7) is 7.14. The van der Waals surface area contributed by atoms with E-state index in [0.29, 0.717) is 11.4 Å². The van der Waals surface area contributed by atoms with Gasteiger partial charge in [-0.1, -0.05) is 56.3 Å². The third kappa shape index (κ3) is 7.63. The molecule has 0 aliphatic rings. The lowest BCUT2D eigenvalue weighted by Crippen LogP contribution is -2.52. The highest BCUT2D eigenvalue weighted by atomic mass is 32.2. The number of nitrogens with zero attached hydrogens (tertiary/aromatic N) is 2. The number of sulfonamides is 1. The lowest BCUT2D eigenvalue weighted by atomic mass is 10.1. The number of rotatable bonds is 13. The van der Waals surface area contributed by atoms with Crippen molar-refractivity contribution in [1.29, 1.82) is 0 Å². The van der Waals surface area contributed by atoms with Gasteiger partial charge in [0.1, 0.15) is 18.3 Å². The van der Waals surface area contributed by atoms with Gasteiger partial charge in [0.15, 0.2) is 0 Å². The minimum Gasteiger partial charge on any atom is -0.497 e. The molecule has 0 radical (unpaired) electrons. The van der Waals surface area contributed by atoms with Gasteiger partial charge in [0.2, 0.25) is 11.8 Å². The standard InChI is InChI=1S/C31H39N3O5S/c1-6-23(3)32-31(36)24(4)33(21-26-12-11-13-28(20-26)39-5)30(35)22-34(27-18-16-25(7-2)17-19-27)40(37,38)29-14-9-8-10-15-29/h8-20,23-24H,6-7,21-22H2,1-5H3,(H,32,36)/t23-,24+/m1/s1. The second-order valence-electron chi connectivity index (χ2n) is 9.71. The molecule has 0 aromatic heterocycles. The normalized spacial score (nSPS) is 12.7. The zero-order valence-corrected chi connectivity index (χ0v) is 24.6. The predicted octanol–water partition coefficient (Wildman–Crippen LogP) is 4.78. The van der Waals surface area contributed by atoms with E-state index in [1.54, 1.807) is 56.5 Å². The van der Waals surface area contributed by atoms with E-state index < -0.39 is 28.5 Å². The molecule has 8 nitrogen and oxygen atoms in total. The van der Waals surface area contributed by atoms with E-state index in [1.165, 1.54) is 17.0 Å². The Morgan fingerprint density at radius 2 is 1.57 bits per heavy atom. The van der Waals surface area contributed by atoms with Gasteiger partial charge in [0.25, 0.3) is 10.0 Å². The fourth-order valence-electron chi connectivity index (χ4n) is 4.16. The topological polar surface area (TPSA) is 96.0 Å². The first-order valence-electron chi connectivity index (χ1n) is 13.5. The Bertz CT molecular complexity index is 1380. The Morgan fingerprint density at radius 3 is 2.17 bits per heavy atom. The predicted molar refractivity (Wildman–Crippen MR) is 158 cm³/mol.